The van der Waals surface area contributed by atoms with E-state index in [9.17, 15) is 9.18 Å². The van der Waals surface area contributed by atoms with Crippen LogP contribution in [-0.4, -0.2) is 23.4 Å². The summed E-state index contributed by atoms with van der Waals surface area (Å²) in [5.41, 5.74) is 0.651. The quantitative estimate of drug-likeness (QED) is 0.744. The molecule has 3 nitrogen and oxygen atoms in total. The van der Waals surface area contributed by atoms with Gasteiger partial charge in [0.25, 0.3) is 0 Å². The molecule has 17 heavy (non-hydrogen) atoms. The molecule has 0 spiro atoms. The lowest BCUT2D eigenvalue weighted by Crippen LogP contribution is -2.34. The standard InChI is InChI=1S/C13H13FN2O/c14-11-3-1-2-10(8-11)9-13(17)16(7-6-15)12-4-5-12/h1-3,8,12H,4-5,7,9H2. The highest BCUT2D eigenvalue weighted by molar-refractivity contribution is 5.79. The maximum absolute atomic E-state index is 13.0. The molecule has 1 saturated carbocycles. The van der Waals surface area contributed by atoms with Crippen molar-refractivity contribution in [2.45, 2.75) is 25.3 Å². The highest BCUT2D eigenvalue weighted by atomic mass is 19.1. The number of hydrogen-bond donors (Lipinski definition) is 0. The van der Waals surface area contributed by atoms with Gasteiger partial charge in [-0.2, -0.15) is 5.26 Å². The number of rotatable bonds is 4. The van der Waals surface area contributed by atoms with Crippen LogP contribution in [0.15, 0.2) is 24.3 Å². The van der Waals surface area contributed by atoms with E-state index in [1.54, 1.807) is 17.0 Å². The summed E-state index contributed by atoms with van der Waals surface area (Å²) in [6, 6.07) is 8.23. The molecule has 0 bridgehead atoms. The summed E-state index contributed by atoms with van der Waals surface area (Å²) in [7, 11) is 0. The Morgan fingerprint density at radius 3 is 2.88 bits per heavy atom. The van der Waals surface area contributed by atoms with E-state index in [0.29, 0.717) is 5.56 Å². The zero-order chi connectivity index (χ0) is 12.3. The van der Waals surface area contributed by atoms with E-state index in [1.807, 2.05) is 6.07 Å². The van der Waals surface area contributed by atoms with Crippen LogP contribution in [0, 0.1) is 17.1 Å². The number of carbonyl (C=O) groups excluding carboxylic acids is 1. The van der Waals surface area contributed by atoms with E-state index >= 15 is 0 Å². The number of amides is 1. The third kappa shape index (κ3) is 3.04. The molecule has 4 heteroatoms. The van der Waals surface area contributed by atoms with Gasteiger partial charge in [-0.1, -0.05) is 12.1 Å². The Labute approximate surface area is 99.5 Å². The first-order valence-corrected chi connectivity index (χ1v) is 5.61. The molecule has 0 unspecified atom stereocenters. The highest BCUT2D eigenvalue weighted by Crippen LogP contribution is 2.27. The van der Waals surface area contributed by atoms with Crippen molar-refractivity contribution in [1.29, 1.82) is 5.26 Å². The lowest BCUT2D eigenvalue weighted by Gasteiger charge is -2.18. The van der Waals surface area contributed by atoms with E-state index in [2.05, 4.69) is 0 Å². The van der Waals surface area contributed by atoms with Crippen molar-refractivity contribution in [3.05, 3.63) is 35.6 Å². The topological polar surface area (TPSA) is 44.1 Å². The molecule has 0 aromatic heterocycles. The summed E-state index contributed by atoms with van der Waals surface area (Å²) in [4.78, 5) is 13.5. The number of carbonyl (C=O) groups is 1. The van der Waals surface area contributed by atoms with Gasteiger partial charge in [0.05, 0.1) is 12.5 Å². The van der Waals surface area contributed by atoms with Crippen molar-refractivity contribution < 1.29 is 9.18 Å². The number of halogens is 1. The van der Waals surface area contributed by atoms with Crippen LogP contribution in [0.2, 0.25) is 0 Å². The summed E-state index contributed by atoms with van der Waals surface area (Å²) < 4.78 is 13.0. The van der Waals surface area contributed by atoms with Gasteiger partial charge in [0, 0.05) is 6.04 Å². The van der Waals surface area contributed by atoms with Crippen molar-refractivity contribution >= 4 is 5.91 Å². The van der Waals surface area contributed by atoms with Gasteiger partial charge in [-0.15, -0.1) is 0 Å². The second-order valence-corrected chi connectivity index (χ2v) is 4.22. The molecule has 0 heterocycles. The van der Waals surface area contributed by atoms with Crippen LogP contribution in [0.4, 0.5) is 4.39 Å². The van der Waals surface area contributed by atoms with Crippen LogP contribution in [0.1, 0.15) is 18.4 Å². The lowest BCUT2D eigenvalue weighted by atomic mass is 10.1. The highest BCUT2D eigenvalue weighted by Gasteiger charge is 2.32. The van der Waals surface area contributed by atoms with Crippen molar-refractivity contribution in [2.75, 3.05) is 6.54 Å². The average Bonchev–Trinajstić information content (AvgIpc) is 3.09. The minimum atomic E-state index is -0.339. The largest absolute Gasteiger partial charge is 0.326 e. The Kier molecular flexibility index (Phi) is 3.38. The minimum absolute atomic E-state index is 0.0975. The van der Waals surface area contributed by atoms with Crippen LogP contribution < -0.4 is 0 Å². The number of nitrogens with zero attached hydrogens (tertiary/aromatic N) is 2. The summed E-state index contributed by atoms with van der Waals surface area (Å²) in [5, 5.41) is 8.67. The Morgan fingerprint density at radius 2 is 2.29 bits per heavy atom. The summed E-state index contributed by atoms with van der Waals surface area (Å²) >= 11 is 0. The average molecular weight is 232 g/mol. The molecule has 1 aliphatic rings. The summed E-state index contributed by atoms with van der Waals surface area (Å²) in [6.07, 6.45) is 2.10. The van der Waals surface area contributed by atoms with Crippen molar-refractivity contribution in [2.24, 2.45) is 0 Å². The molecule has 2 rings (SSSR count). The Morgan fingerprint density at radius 1 is 1.53 bits per heavy atom. The molecule has 0 radical (unpaired) electrons. The van der Waals surface area contributed by atoms with Crippen molar-refractivity contribution in [3.63, 3.8) is 0 Å². The molecule has 0 atom stereocenters. The number of nitriles is 1. The monoisotopic (exact) mass is 232 g/mol. The maximum atomic E-state index is 13.0. The smallest absolute Gasteiger partial charge is 0.228 e. The molecule has 1 aliphatic carbocycles. The van der Waals surface area contributed by atoms with Gasteiger partial charge >= 0.3 is 0 Å². The number of benzene rings is 1. The lowest BCUT2D eigenvalue weighted by molar-refractivity contribution is -0.130. The van der Waals surface area contributed by atoms with Crippen LogP contribution in [0.5, 0.6) is 0 Å². The van der Waals surface area contributed by atoms with Crippen LogP contribution in [0.25, 0.3) is 0 Å². The van der Waals surface area contributed by atoms with Gasteiger partial charge < -0.3 is 4.90 Å². The first kappa shape index (κ1) is 11.6. The second kappa shape index (κ2) is 4.96. The van der Waals surface area contributed by atoms with E-state index in [0.717, 1.165) is 12.8 Å². The maximum Gasteiger partial charge on any atom is 0.228 e. The fourth-order valence-corrected chi connectivity index (χ4v) is 1.81. The van der Waals surface area contributed by atoms with Gasteiger partial charge in [-0.05, 0) is 30.5 Å². The molecule has 0 aliphatic heterocycles. The van der Waals surface area contributed by atoms with Gasteiger partial charge in [0.2, 0.25) is 5.91 Å². The first-order chi connectivity index (χ1) is 8.20. The zero-order valence-corrected chi connectivity index (χ0v) is 9.40. The van der Waals surface area contributed by atoms with E-state index in [4.69, 9.17) is 5.26 Å². The Balaban J connectivity index is 2.02. The van der Waals surface area contributed by atoms with Gasteiger partial charge in [0.15, 0.2) is 0 Å². The minimum Gasteiger partial charge on any atom is -0.326 e. The van der Waals surface area contributed by atoms with Crippen LogP contribution in [-0.2, 0) is 11.2 Å². The van der Waals surface area contributed by atoms with Gasteiger partial charge in [-0.25, -0.2) is 4.39 Å². The van der Waals surface area contributed by atoms with E-state index in [1.165, 1.54) is 12.1 Å². The molecule has 88 valence electrons. The molecular formula is C13H13FN2O. The second-order valence-electron chi connectivity index (χ2n) is 4.22. The molecule has 1 fully saturated rings. The zero-order valence-electron chi connectivity index (χ0n) is 9.40. The first-order valence-electron chi connectivity index (χ1n) is 5.61. The molecular weight excluding hydrogens is 219 g/mol. The molecule has 0 saturated heterocycles. The number of hydrogen-bond acceptors (Lipinski definition) is 2. The Hall–Kier alpha value is -1.89. The van der Waals surface area contributed by atoms with Crippen molar-refractivity contribution in [1.82, 2.24) is 4.90 Å². The fourth-order valence-electron chi connectivity index (χ4n) is 1.81. The SMILES string of the molecule is N#CCN(C(=O)Cc1cccc(F)c1)C1CC1. The third-order valence-corrected chi connectivity index (χ3v) is 2.79. The predicted octanol–water partition coefficient (Wildman–Crippen LogP) is 1.88. The van der Waals surface area contributed by atoms with Crippen LogP contribution >= 0.6 is 0 Å². The molecule has 1 aromatic carbocycles. The van der Waals surface area contributed by atoms with Crippen LogP contribution in [0.3, 0.4) is 0 Å². The van der Waals surface area contributed by atoms with Gasteiger partial charge in [0.1, 0.15) is 12.4 Å². The molecule has 1 amide bonds. The molecule has 0 N–H and O–H groups in total. The van der Waals surface area contributed by atoms with E-state index < -0.39 is 0 Å². The van der Waals surface area contributed by atoms with Gasteiger partial charge in [-0.3, -0.25) is 4.79 Å². The Bertz CT molecular complexity index is 463. The van der Waals surface area contributed by atoms with E-state index in [-0.39, 0.29) is 30.7 Å². The summed E-state index contributed by atoms with van der Waals surface area (Å²) in [5.74, 6) is -0.437. The normalized spacial score (nSPS) is 14.1. The van der Waals surface area contributed by atoms with Crippen molar-refractivity contribution in [3.8, 4) is 6.07 Å². The fraction of sp³-hybridized carbons (Fsp3) is 0.385. The third-order valence-electron chi connectivity index (χ3n) is 2.79. The predicted molar refractivity (Wildman–Crippen MR) is 60.5 cm³/mol. The molecule has 1 aromatic rings. The summed E-state index contributed by atoms with van der Waals surface area (Å²) in [6.45, 7) is 0.124.